The number of rotatable bonds is 5. The number of aliphatic carboxylic acids is 1. The number of hydrogen-bond acceptors (Lipinski definition) is 4. The molecule has 3 N–H and O–H groups in total. The molecular formula is C11H15N3O4S. The maximum Gasteiger partial charge on any atom is 0.353 e. The molecule has 1 atom stereocenters. The van der Waals surface area contributed by atoms with Crippen LogP contribution in [0.2, 0.25) is 0 Å². The van der Waals surface area contributed by atoms with Crippen LogP contribution in [0, 0.1) is 0 Å². The highest BCUT2D eigenvalue weighted by Gasteiger charge is 2.47. The Morgan fingerprint density at radius 2 is 2.26 bits per heavy atom. The average Bonchev–Trinajstić information content (AvgIpc) is 2.67. The number of urea groups is 1. The summed E-state index contributed by atoms with van der Waals surface area (Å²) >= 11 is 1.44. The first-order valence-electron chi connectivity index (χ1n) is 5.95. The lowest BCUT2D eigenvalue weighted by Gasteiger charge is -2.33. The quantitative estimate of drug-likeness (QED) is 0.498. The zero-order valence-corrected chi connectivity index (χ0v) is 11.2. The van der Waals surface area contributed by atoms with E-state index in [0.717, 1.165) is 4.91 Å². The van der Waals surface area contributed by atoms with Crippen LogP contribution in [0.3, 0.4) is 0 Å². The van der Waals surface area contributed by atoms with E-state index in [1.165, 1.54) is 23.7 Å². The Morgan fingerprint density at radius 3 is 2.84 bits per heavy atom. The van der Waals surface area contributed by atoms with E-state index < -0.39 is 5.97 Å². The van der Waals surface area contributed by atoms with Gasteiger partial charge in [-0.2, -0.15) is 0 Å². The molecule has 8 heteroatoms. The van der Waals surface area contributed by atoms with Gasteiger partial charge in [0.1, 0.15) is 5.70 Å². The molecule has 0 aromatic carbocycles. The largest absolute Gasteiger partial charge is 0.477 e. The van der Waals surface area contributed by atoms with E-state index in [2.05, 4.69) is 10.6 Å². The van der Waals surface area contributed by atoms with Crippen LogP contribution in [0.5, 0.6) is 0 Å². The summed E-state index contributed by atoms with van der Waals surface area (Å²) in [6, 6.07) is -0.259. The van der Waals surface area contributed by atoms with Crippen LogP contribution in [-0.2, 0) is 9.59 Å². The molecule has 7 nitrogen and oxygen atoms in total. The summed E-state index contributed by atoms with van der Waals surface area (Å²) in [4.78, 5) is 35.6. The normalized spacial score (nSPS) is 21.0. The van der Waals surface area contributed by atoms with Gasteiger partial charge in [-0.25, -0.2) is 9.59 Å². The van der Waals surface area contributed by atoms with Crippen molar-refractivity contribution in [2.24, 2.45) is 0 Å². The molecule has 2 rings (SSSR count). The van der Waals surface area contributed by atoms with Crippen LogP contribution in [0.25, 0.3) is 0 Å². The molecule has 0 bridgehead atoms. The van der Waals surface area contributed by atoms with Gasteiger partial charge in [-0.3, -0.25) is 9.69 Å². The summed E-state index contributed by atoms with van der Waals surface area (Å²) in [5.41, 5.74) is 0.117. The topological polar surface area (TPSA) is 98.7 Å². The number of nitrogens with zero attached hydrogens (tertiary/aromatic N) is 1. The Hall–Kier alpha value is -1.70. The maximum absolute atomic E-state index is 11.4. The molecule has 0 aromatic rings. The lowest BCUT2D eigenvalue weighted by Crippen LogP contribution is -2.48. The molecular weight excluding hydrogens is 270 g/mol. The molecule has 3 amide bonds. The van der Waals surface area contributed by atoms with E-state index in [-0.39, 0.29) is 23.0 Å². The third-order valence-corrected chi connectivity index (χ3v) is 4.32. The van der Waals surface area contributed by atoms with E-state index in [0.29, 0.717) is 25.8 Å². The van der Waals surface area contributed by atoms with Gasteiger partial charge in [0.15, 0.2) is 0 Å². The zero-order valence-electron chi connectivity index (χ0n) is 10.4. The van der Waals surface area contributed by atoms with Gasteiger partial charge >= 0.3 is 12.0 Å². The number of carbonyl (C=O) groups is 3. The molecule has 1 saturated heterocycles. The first-order valence-corrected chi connectivity index (χ1v) is 6.83. The van der Waals surface area contributed by atoms with Gasteiger partial charge in [-0.15, -0.1) is 11.8 Å². The number of amides is 3. The van der Waals surface area contributed by atoms with Crippen molar-refractivity contribution in [1.29, 1.82) is 0 Å². The minimum absolute atomic E-state index is 0.0412. The Balaban J connectivity index is 1.90. The second-order valence-corrected chi connectivity index (χ2v) is 5.50. The van der Waals surface area contributed by atoms with Gasteiger partial charge in [-0.05, 0) is 12.8 Å². The number of carbonyl (C=O) groups excluding carboxylic acids is 2. The fraction of sp³-hybridized carbons (Fsp3) is 0.545. The van der Waals surface area contributed by atoms with Crippen molar-refractivity contribution < 1.29 is 19.5 Å². The fourth-order valence-electron chi connectivity index (χ4n) is 2.04. The van der Waals surface area contributed by atoms with Gasteiger partial charge in [-0.1, -0.05) is 0 Å². The van der Waals surface area contributed by atoms with E-state index in [1.54, 1.807) is 0 Å². The highest BCUT2D eigenvalue weighted by Crippen LogP contribution is 2.47. The molecule has 19 heavy (non-hydrogen) atoms. The fourth-order valence-corrected chi connectivity index (χ4v) is 3.49. The van der Waals surface area contributed by atoms with E-state index >= 15 is 0 Å². The van der Waals surface area contributed by atoms with Crippen LogP contribution >= 0.6 is 11.8 Å². The zero-order chi connectivity index (χ0) is 14.0. The van der Waals surface area contributed by atoms with E-state index in [1.807, 2.05) is 0 Å². The van der Waals surface area contributed by atoms with Crippen LogP contribution in [0.1, 0.15) is 19.3 Å². The molecule has 104 valence electrons. The first-order chi connectivity index (χ1) is 9.04. The minimum Gasteiger partial charge on any atom is -0.477 e. The smallest absolute Gasteiger partial charge is 0.353 e. The van der Waals surface area contributed by atoms with Crippen molar-refractivity contribution >= 4 is 29.7 Å². The maximum atomic E-state index is 11.4. The van der Waals surface area contributed by atoms with Crippen LogP contribution in [0.4, 0.5) is 4.79 Å². The van der Waals surface area contributed by atoms with Crippen LogP contribution < -0.4 is 10.6 Å². The summed E-state index contributed by atoms with van der Waals surface area (Å²) in [6.45, 7) is 0.468. The van der Waals surface area contributed by atoms with E-state index in [4.69, 9.17) is 5.11 Å². The van der Waals surface area contributed by atoms with Crippen molar-refractivity contribution in [3.05, 3.63) is 10.6 Å². The van der Waals surface area contributed by atoms with Crippen molar-refractivity contribution in [1.82, 2.24) is 15.5 Å². The second-order valence-electron chi connectivity index (χ2n) is 4.23. The summed E-state index contributed by atoms with van der Waals surface area (Å²) in [5, 5.41) is 14.2. The third kappa shape index (κ3) is 2.67. The van der Waals surface area contributed by atoms with Gasteiger partial charge in [0, 0.05) is 18.5 Å². The molecule has 2 aliphatic heterocycles. The molecule has 0 radical (unpaired) electrons. The van der Waals surface area contributed by atoms with Gasteiger partial charge in [0.05, 0.1) is 11.8 Å². The Kier molecular flexibility index (Phi) is 3.98. The lowest BCUT2D eigenvalue weighted by molar-refractivity contribution is -0.145. The number of carboxylic acid groups (broad SMARTS) is 1. The predicted octanol–water partition coefficient (Wildman–Crippen LogP) is 0.297. The van der Waals surface area contributed by atoms with Crippen LogP contribution in [0.15, 0.2) is 10.6 Å². The molecule has 0 saturated carbocycles. The van der Waals surface area contributed by atoms with Crippen molar-refractivity contribution in [3.8, 4) is 0 Å². The number of β-lactam (4-membered cyclic amide) rings is 1. The Bertz CT molecular complexity index is 463. The van der Waals surface area contributed by atoms with Gasteiger partial charge in [0.2, 0.25) is 5.91 Å². The Labute approximate surface area is 114 Å². The predicted molar refractivity (Wildman–Crippen MR) is 69.2 cm³/mol. The standard InChI is InChI=1S/C11H15N3O4S/c1-12-11(18)13-4-2-3-6-9(10(16)17)14-7(15)5-8(14)19-6/h8H,2-5H2,1H3,(H,16,17)(H2,12,13,18)/t8-/m1/s1. The molecule has 2 aliphatic rings. The summed E-state index contributed by atoms with van der Waals surface area (Å²) < 4.78 is 0. The lowest BCUT2D eigenvalue weighted by atomic mass is 10.1. The highest BCUT2D eigenvalue weighted by atomic mass is 32.2. The van der Waals surface area contributed by atoms with Gasteiger partial charge in [0.25, 0.3) is 0 Å². The monoisotopic (exact) mass is 285 g/mol. The number of nitrogens with one attached hydrogen (secondary N) is 2. The molecule has 0 aliphatic carbocycles. The van der Waals surface area contributed by atoms with Gasteiger partial charge < -0.3 is 15.7 Å². The number of hydrogen-bond donors (Lipinski definition) is 3. The molecule has 0 unspecified atom stereocenters. The molecule has 0 spiro atoms. The molecule has 0 aromatic heterocycles. The minimum atomic E-state index is -1.06. The highest BCUT2D eigenvalue weighted by molar-refractivity contribution is 8.04. The molecule has 2 heterocycles. The van der Waals surface area contributed by atoms with Crippen molar-refractivity contribution in [3.63, 3.8) is 0 Å². The average molecular weight is 285 g/mol. The van der Waals surface area contributed by atoms with E-state index in [9.17, 15) is 14.4 Å². The Morgan fingerprint density at radius 1 is 1.53 bits per heavy atom. The number of allylic oxidation sites excluding steroid dienone is 1. The number of carboxylic acids is 1. The third-order valence-electron chi connectivity index (χ3n) is 2.99. The SMILES string of the molecule is CNC(=O)NCCCC1=C(C(=O)O)N2C(=O)C[C@H]2S1. The first kappa shape index (κ1) is 13.7. The summed E-state index contributed by atoms with van der Waals surface area (Å²) in [7, 11) is 1.53. The number of fused-ring (bicyclic) bond motifs is 1. The molecule has 1 fully saturated rings. The second kappa shape index (κ2) is 5.52. The van der Waals surface area contributed by atoms with Crippen LogP contribution in [-0.4, -0.2) is 46.9 Å². The van der Waals surface area contributed by atoms with Crippen molar-refractivity contribution in [2.45, 2.75) is 24.6 Å². The summed E-state index contributed by atoms with van der Waals surface area (Å²) in [6.07, 6.45) is 1.60. The summed E-state index contributed by atoms with van der Waals surface area (Å²) in [5.74, 6) is -1.19. The number of thioether (sulfide) groups is 1. The van der Waals surface area contributed by atoms with Crippen molar-refractivity contribution in [2.75, 3.05) is 13.6 Å².